The molecular formula is C14H29N3O3S. The molecule has 0 radical (unpaired) electrons. The molecule has 7 heteroatoms. The Balaban J connectivity index is 2.02. The summed E-state index contributed by atoms with van der Waals surface area (Å²) in [4.78, 5) is 0. The zero-order valence-corrected chi connectivity index (χ0v) is 14.4. The maximum Gasteiger partial charge on any atom is 0.282 e. The second-order valence-electron chi connectivity index (χ2n) is 6.89. The zero-order chi connectivity index (χ0) is 15.7. The molecule has 2 saturated heterocycles. The Kier molecular flexibility index (Phi) is 5.31. The van der Waals surface area contributed by atoms with Crippen LogP contribution < -0.4 is 5.32 Å². The summed E-state index contributed by atoms with van der Waals surface area (Å²) < 4.78 is 34.7. The van der Waals surface area contributed by atoms with Crippen LogP contribution in [0.5, 0.6) is 0 Å². The fourth-order valence-corrected chi connectivity index (χ4v) is 5.24. The lowest BCUT2D eigenvalue weighted by Crippen LogP contribution is -2.58. The van der Waals surface area contributed by atoms with Crippen LogP contribution in [0.2, 0.25) is 0 Å². The number of nitrogens with zero attached hydrogens (tertiary/aromatic N) is 2. The van der Waals surface area contributed by atoms with Crippen LogP contribution in [-0.2, 0) is 14.9 Å². The average molecular weight is 319 g/mol. The SMILES string of the molecule is CNCC1CCN(S(=O)(=O)N2CC(C)OC(C)(C)C2)CC1. The number of hydrogen-bond acceptors (Lipinski definition) is 4. The number of ether oxygens (including phenoxy) is 1. The van der Waals surface area contributed by atoms with Crippen molar-refractivity contribution >= 4 is 10.2 Å². The van der Waals surface area contributed by atoms with E-state index in [9.17, 15) is 8.42 Å². The molecule has 124 valence electrons. The third-order valence-corrected chi connectivity index (χ3v) is 6.21. The van der Waals surface area contributed by atoms with Gasteiger partial charge in [0.25, 0.3) is 10.2 Å². The fourth-order valence-electron chi connectivity index (χ4n) is 3.37. The van der Waals surface area contributed by atoms with Crippen LogP contribution in [0.15, 0.2) is 0 Å². The quantitative estimate of drug-likeness (QED) is 0.827. The third-order valence-electron chi connectivity index (χ3n) is 4.26. The predicted molar refractivity (Wildman–Crippen MR) is 83.3 cm³/mol. The molecule has 0 aromatic carbocycles. The highest BCUT2D eigenvalue weighted by Crippen LogP contribution is 2.27. The van der Waals surface area contributed by atoms with Gasteiger partial charge in [-0.15, -0.1) is 0 Å². The van der Waals surface area contributed by atoms with E-state index in [0.29, 0.717) is 32.1 Å². The fraction of sp³-hybridized carbons (Fsp3) is 1.00. The predicted octanol–water partition coefficient (Wildman–Crippen LogP) is 0.662. The molecule has 0 saturated carbocycles. The van der Waals surface area contributed by atoms with Crippen LogP contribution in [0, 0.1) is 5.92 Å². The topological polar surface area (TPSA) is 61.9 Å². The Morgan fingerprint density at radius 2 is 1.86 bits per heavy atom. The van der Waals surface area contributed by atoms with Gasteiger partial charge in [0, 0.05) is 26.2 Å². The lowest BCUT2D eigenvalue weighted by atomic mass is 9.98. The van der Waals surface area contributed by atoms with Crippen molar-refractivity contribution in [2.75, 3.05) is 39.8 Å². The molecule has 2 rings (SSSR count). The summed E-state index contributed by atoms with van der Waals surface area (Å²) in [6.45, 7) is 8.92. The molecule has 6 nitrogen and oxygen atoms in total. The molecule has 0 bridgehead atoms. The summed E-state index contributed by atoms with van der Waals surface area (Å²) in [6, 6.07) is 0. The van der Waals surface area contributed by atoms with E-state index < -0.39 is 15.8 Å². The minimum atomic E-state index is -3.36. The van der Waals surface area contributed by atoms with Gasteiger partial charge in [-0.1, -0.05) is 0 Å². The van der Waals surface area contributed by atoms with Crippen LogP contribution in [0.1, 0.15) is 33.6 Å². The van der Waals surface area contributed by atoms with Crippen molar-refractivity contribution in [2.45, 2.75) is 45.3 Å². The second kappa shape index (κ2) is 6.50. The summed E-state index contributed by atoms with van der Waals surface area (Å²) in [5, 5.41) is 3.18. The van der Waals surface area contributed by atoms with Gasteiger partial charge >= 0.3 is 0 Å². The van der Waals surface area contributed by atoms with Crippen molar-refractivity contribution in [1.82, 2.24) is 13.9 Å². The Hall–Kier alpha value is -0.210. The van der Waals surface area contributed by atoms with Gasteiger partial charge < -0.3 is 10.1 Å². The number of rotatable bonds is 4. The van der Waals surface area contributed by atoms with Crippen molar-refractivity contribution in [3.05, 3.63) is 0 Å². The standard InChI is InChI=1S/C14H29N3O3S/c1-12-10-17(11-14(2,3)20-12)21(18,19)16-7-5-13(6-8-16)9-15-4/h12-13,15H,5-11H2,1-4H3. The molecule has 1 unspecified atom stereocenters. The van der Waals surface area contributed by atoms with Crippen molar-refractivity contribution < 1.29 is 13.2 Å². The summed E-state index contributed by atoms with van der Waals surface area (Å²) in [7, 11) is -1.42. The largest absolute Gasteiger partial charge is 0.370 e. The van der Waals surface area contributed by atoms with Gasteiger partial charge in [-0.2, -0.15) is 17.0 Å². The van der Waals surface area contributed by atoms with Crippen LogP contribution in [0.3, 0.4) is 0 Å². The van der Waals surface area contributed by atoms with Crippen molar-refractivity contribution in [1.29, 1.82) is 0 Å². The van der Waals surface area contributed by atoms with E-state index in [1.807, 2.05) is 27.8 Å². The van der Waals surface area contributed by atoms with E-state index in [1.54, 1.807) is 8.61 Å². The van der Waals surface area contributed by atoms with Gasteiger partial charge in [-0.25, -0.2) is 0 Å². The second-order valence-corrected chi connectivity index (χ2v) is 8.82. The van der Waals surface area contributed by atoms with Gasteiger partial charge in [0.2, 0.25) is 0 Å². The monoisotopic (exact) mass is 319 g/mol. The van der Waals surface area contributed by atoms with Crippen molar-refractivity contribution in [3.63, 3.8) is 0 Å². The van der Waals surface area contributed by atoms with Gasteiger partial charge in [-0.3, -0.25) is 0 Å². The first-order valence-corrected chi connectivity index (χ1v) is 9.22. The minimum Gasteiger partial charge on any atom is -0.370 e. The van der Waals surface area contributed by atoms with E-state index in [1.165, 1.54) is 0 Å². The molecule has 1 atom stereocenters. The molecule has 2 fully saturated rings. The highest BCUT2D eigenvalue weighted by molar-refractivity contribution is 7.86. The molecule has 0 aliphatic carbocycles. The number of hydrogen-bond donors (Lipinski definition) is 1. The summed E-state index contributed by atoms with van der Waals surface area (Å²) in [5.74, 6) is 0.585. The molecule has 0 spiro atoms. The highest BCUT2D eigenvalue weighted by atomic mass is 32.2. The van der Waals surface area contributed by atoms with Crippen molar-refractivity contribution in [2.24, 2.45) is 5.92 Å². The molecule has 2 heterocycles. The molecule has 0 aromatic rings. The first-order chi connectivity index (χ1) is 9.74. The maximum absolute atomic E-state index is 12.8. The molecule has 1 N–H and O–H groups in total. The maximum atomic E-state index is 12.8. The van der Waals surface area contributed by atoms with E-state index in [0.717, 1.165) is 19.4 Å². The Morgan fingerprint density at radius 3 is 2.38 bits per heavy atom. The number of piperidine rings is 1. The molecule has 2 aliphatic heterocycles. The van der Waals surface area contributed by atoms with Crippen molar-refractivity contribution in [3.8, 4) is 0 Å². The molecule has 2 aliphatic rings. The van der Waals surface area contributed by atoms with Gasteiger partial charge in [0.15, 0.2) is 0 Å². The van der Waals surface area contributed by atoms with E-state index in [2.05, 4.69) is 5.32 Å². The Morgan fingerprint density at radius 1 is 1.24 bits per heavy atom. The first-order valence-electron chi connectivity index (χ1n) is 7.82. The van der Waals surface area contributed by atoms with Gasteiger partial charge in [0.05, 0.1) is 11.7 Å². The number of morpholine rings is 1. The minimum absolute atomic E-state index is 0.0645. The zero-order valence-electron chi connectivity index (χ0n) is 13.6. The van der Waals surface area contributed by atoms with Crippen LogP contribution >= 0.6 is 0 Å². The third kappa shape index (κ3) is 4.16. The molecule has 21 heavy (non-hydrogen) atoms. The summed E-state index contributed by atoms with van der Waals surface area (Å²) >= 11 is 0. The van der Waals surface area contributed by atoms with E-state index in [-0.39, 0.29) is 6.10 Å². The van der Waals surface area contributed by atoms with Crippen LogP contribution in [0.4, 0.5) is 0 Å². The lowest BCUT2D eigenvalue weighted by Gasteiger charge is -2.43. The normalized spacial score (nSPS) is 29.6. The lowest BCUT2D eigenvalue weighted by molar-refractivity contribution is -0.110. The summed E-state index contributed by atoms with van der Waals surface area (Å²) in [6.07, 6.45) is 1.80. The van der Waals surface area contributed by atoms with Crippen LogP contribution in [0.25, 0.3) is 0 Å². The highest BCUT2D eigenvalue weighted by Gasteiger charge is 2.40. The Bertz CT molecular complexity index is 444. The van der Waals surface area contributed by atoms with E-state index in [4.69, 9.17) is 4.74 Å². The first kappa shape index (κ1) is 17.1. The van der Waals surface area contributed by atoms with E-state index >= 15 is 0 Å². The molecule has 0 amide bonds. The van der Waals surface area contributed by atoms with Crippen LogP contribution in [-0.4, -0.2) is 68.5 Å². The average Bonchev–Trinajstić information content (AvgIpc) is 2.37. The number of nitrogens with one attached hydrogen (secondary N) is 1. The van der Waals surface area contributed by atoms with Gasteiger partial charge in [0.1, 0.15) is 0 Å². The molecular weight excluding hydrogens is 290 g/mol. The van der Waals surface area contributed by atoms with Gasteiger partial charge in [-0.05, 0) is 53.1 Å². The Labute approximate surface area is 129 Å². The molecule has 0 aromatic heterocycles. The smallest absolute Gasteiger partial charge is 0.282 e. The summed E-state index contributed by atoms with van der Waals surface area (Å²) in [5.41, 5.74) is -0.421.